The molecule has 1 aromatic carbocycles. The first-order chi connectivity index (χ1) is 15.0. The van der Waals surface area contributed by atoms with Crippen LogP contribution in [0.25, 0.3) is 0 Å². The summed E-state index contributed by atoms with van der Waals surface area (Å²) in [5, 5.41) is 2.43. The number of likely N-dealkylation sites (tertiary alicyclic amines) is 1. The highest BCUT2D eigenvalue weighted by molar-refractivity contribution is 7.90. The van der Waals surface area contributed by atoms with Crippen LogP contribution in [0.5, 0.6) is 0 Å². The summed E-state index contributed by atoms with van der Waals surface area (Å²) in [6.07, 6.45) is 7.30. The Hall–Kier alpha value is -1.64. The fourth-order valence-electron chi connectivity index (χ4n) is 5.00. The van der Waals surface area contributed by atoms with Crippen molar-refractivity contribution >= 4 is 16.1 Å². The van der Waals surface area contributed by atoms with E-state index in [9.17, 15) is 13.2 Å². The number of urea groups is 1. The van der Waals surface area contributed by atoms with Crippen LogP contribution in [-0.2, 0) is 14.8 Å². The molecule has 0 bridgehead atoms. The van der Waals surface area contributed by atoms with Crippen LogP contribution in [0.15, 0.2) is 30.3 Å². The van der Waals surface area contributed by atoms with Gasteiger partial charge in [0.25, 0.3) is 0 Å². The number of hydrogen-bond acceptors (Lipinski definition) is 4. The maximum Gasteiger partial charge on any atom is 0.317 e. The maximum absolute atomic E-state index is 12.6. The summed E-state index contributed by atoms with van der Waals surface area (Å²) in [5.41, 5.74) is 1.40. The number of rotatable bonds is 7. The molecule has 1 aromatic rings. The van der Waals surface area contributed by atoms with Crippen LogP contribution in [0.4, 0.5) is 4.79 Å². The van der Waals surface area contributed by atoms with E-state index in [1.807, 2.05) is 0 Å². The predicted octanol–water partition coefficient (Wildman–Crippen LogP) is 2.98. The standard InChI is InChI=1S/C23H35N3O4S/c1-24-23(27)26-15-5-8-21(25-31(28,29)20-13-14-20)22(26)16-30-19-11-9-18(10-12-19)17-6-3-2-4-7-17/h2-4,6-7,18-22,25H,5,8-16H2,1H3,(H,24,27)/t18-,19+,21-,22-/m0/s1. The van der Waals surface area contributed by atoms with Crippen molar-refractivity contribution in [3.8, 4) is 0 Å². The molecule has 31 heavy (non-hydrogen) atoms. The van der Waals surface area contributed by atoms with Crippen LogP contribution in [0.2, 0.25) is 0 Å². The van der Waals surface area contributed by atoms with Gasteiger partial charge in [0, 0.05) is 19.6 Å². The van der Waals surface area contributed by atoms with Gasteiger partial charge in [-0.05, 0) is 62.8 Å². The Balaban J connectivity index is 1.36. The zero-order chi connectivity index (χ0) is 21.8. The van der Waals surface area contributed by atoms with Crippen LogP contribution < -0.4 is 10.0 Å². The number of sulfonamides is 1. The smallest absolute Gasteiger partial charge is 0.317 e. The van der Waals surface area contributed by atoms with Crippen LogP contribution >= 0.6 is 0 Å². The summed E-state index contributed by atoms with van der Waals surface area (Å²) < 4.78 is 34.3. The third-order valence-corrected chi connectivity index (χ3v) is 8.96. The molecule has 0 radical (unpaired) electrons. The topological polar surface area (TPSA) is 87.7 Å². The average Bonchev–Trinajstić information content (AvgIpc) is 3.65. The van der Waals surface area contributed by atoms with Crippen LogP contribution in [-0.4, -0.2) is 63.0 Å². The van der Waals surface area contributed by atoms with E-state index < -0.39 is 10.0 Å². The Morgan fingerprint density at radius 1 is 1.06 bits per heavy atom. The fourth-order valence-corrected chi connectivity index (χ4v) is 6.65. The lowest BCUT2D eigenvalue weighted by Gasteiger charge is -2.42. The van der Waals surface area contributed by atoms with E-state index in [1.54, 1.807) is 11.9 Å². The number of carbonyl (C=O) groups is 1. The number of nitrogens with one attached hydrogen (secondary N) is 2. The largest absolute Gasteiger partial charge is 0.376 e. The molecule has 4 rings (SSSR count). The summed E-state index contributed by atoms with van der Waals surface area (Å²) in [4.78, 5) is 14.2. The zero-order valence-corrected chi connectivity index (χ0v) is 19.1. The van der Waals surface area contributed by atoms with Gasteiger partial charge in [0.15, 0.2) is 0 Å². The van der Waals surface area contributed by atoms with E-state index in [-0.39, 0.29) is 29.5 Å². The van der Waals surface area contributed by atoms with Crippen molar-refractivity contribution in [1.29, 1.82) is 0 Å². The van der Waals surface area contributed by atoms with E-state index in [1.165, 1.54) is 5.56 Å². The van der Waals surface area contributed by atoms with Gasteiger partial charge < -0.3 is 15.0 Å². The lowest BCUT2D eigenvalue weighted by Crippen LogP contribution is -2.60. The Kier molecular flexibility index (Phi) is 7.19. The minimum Gasteiger partial charge on any atom is -0.376 e. The molecule has 2 atom stereocenters. The summed E-state index contributed by atoms with van der Waals surface area (Å²) in [5.74, 6) is 0.580. The first-order valence-electron chi connectivity index (χ1n) is 11.6. The third kappa shape index (κ3) is 5.59. The van der Waals surface area contributed by atoms with E-state index >= 15 is 0 Å². The molecule has 2 amide bonds. The molecule has 8 heteroatoms. The number of carbonyl (C=O) groups excluding carboxylic acids is 1. The molecular formula is C23H35N3O4S. The predicted molar refractivity (Wildman–Crippen MR) is 120 cm³/mol. The van der Waals surface area contributed by atoms with Gasteiger partial charge in [-0.25, -0.2) is 17.9 Å². The van der Waals surface area contributed by atoms with Crippen molar-refractivity contribution < 1.29 is 17.9 Å². The minimum absolute atomic E-state index is 0.161. The molecule has 2 N–H and O–H groups in total. The second kappa shape index (κ2) is 9.88. The Morgan fingerprint density at radius 3 is 2.42 bits per heavy atom. The summed E-state index contributed by atoms with van der Waals surface area (Å²) >= 11 is 0. The number of ether oxygens (including phenoxy) is 1. The second-order valence-electron chi connectivity index (χ2n) is 9.14. The van der Waals surface area contributed by atoms with E-state index in [0.29, 0.717) is 19.1 Å². The van der Waals surface area contributed by atoms with Gasteiger partial charge in [-0.15, -0.1) is 0 Å². The maximum atomic E-state index is 12.6. The van der Waals surface area contributed by atoms with Gasteiger partial charge in [0.05, 0.1) is 24.0 Å². The molecule has 3 aliphatic rings. The van der Waals surface area contributed by atoms with Crippen molar-refractivity contribution in [2.24, 2.45) is 0 Å². The zero-order valence-electron chi connectivity index (χ0n) is 18.3. The number of hydrogen-bond donors (Lipinski definition) is 2. The Bertz CT molecular complexity index is 836. The highest BCUT2D eigenvalue weighted by atomic mass is 32.2. The number of piperidine rings is 1. The van der Waals surface area contributed by atoms with Gasteiger partial charge in [-0.2, -0.15) is 0 Å². The molecule has 0 aromatic heterocycles. The lowest BCUT2D eigenvalue weighted by atomic mass is 9.83. The third-order valence-electron chi connectivity index (χ3n) is 6.98. The van der Waals surface area contributed by atoms with Crippen molar-refractivity contribution in [2.75, 3.05) is 20.2 Å². The van der Waals surface area contributed by atoms with E-state index in [2.05, 4.69) is 40.4 Å². The summed E-state index contributed by atoms with van der Waals surface area (Å²) in [7, 11) is -1.71. The van der Waals surface area contributed by atoms with E-state index in [0.717, 1.165) is 51.4 Å². The van der Waals surface area contributed by atoms with Gasteiger partial charge in [-0.1, -0.05) is 30.3 Å². The van der Waals surface area contributed by atoms with Gasteiger partial charge in [0.2, 0.25) is 10.0 Å². The molecule has 0 spiro atoms. The molecule has 1 heterocycles. The van der Waals surface area contributed by atoms with Gasteiger partial charge in [0.1, 0.15) is 0 Å². The molecule has 2 aliphatic carbocycles. The normalized spacial score (nSPS) is 29.5. The van der Waals surface area contributed by atoms with Gasteiger partial charge in [-0.3, -0.25) is 0 Å². The summed E-state index contributed by atoms with van der Waals surface area (Å²) in [6, 6.07) is 9.89. The summed E-state index contributed by atoms with van der Waals surface area (Å²) in [6.45, 7) is 0.988. The quantitative estimate of drug-likeness (QED) is 0.670. The minimum atomic E-state index is -3.32. The first kappa shape index (κ1) is 22.6. The lowest BCUT2D eigenvalue weighted by molar-refractivity contribution is -0.0172. The highest BCUT2D eigenvalue weighted by Crippen LogP contribution is 2.34. The molecule has 3 fully saturated rings. The molecular weight excluding hydrogens is 414 g/mol. The van der Waals surface area contributed by atoms with Crippen molar-refractivity contribution in [2.45, 2.75) is 80.7 Å². The first-order valence-corrected chi connectivity index (χ1v) is 13.2. The average molecular weight is 450 g/mol. The molecule has 2 saturated carbocycles. The monoisotopic (exact) mass is 449 g/mol. The number of amides is 2. The second-order valence-corrected chi connectivity index (χ2v) is 11.1. The fraction of sp³-hybridized carbons (Fsp3) is 0.696. The molecule has 7 nitrogen and oxygen atoms in total. The number of benzene rings is 1. The van der Waals surface area contributed by atoms with Crippen LogP contribution in [0, 0.1) is 0 Å². The van der Waals surface area contributed by atoms with Gasteiger partial charge >= 0.3 is 6.03 Å². The SMILES string of the molecule is CNC(=O)N1CCC[C@H](NS(=O)(=O)C2CC2)[C@@H]1CO[C@H]1CC[C@@H](c2ccccc2)CC1. The van der Waals surface area contributed by atoms with Crippen molar-refractivity contribution in [1.82, 2.24) is 14.9 Å². The molecule has 0 unspecified atom stereocenters. The van der Waals surface area contributed by atoms with Crippen LogP contribution in [0.1, 0.15) is 62.8 Å². The Morgan fingerprint density at radius 2 is 1.77 bits per heavy atom. The molecule has 1 saturated heterocycles. The Labute approximate surface area is 186 Å². The molecule has 172 valence electrons. The van der Waals surface area contributed by atoms with Crippen LogP contribution in [0.3, 0.4) is 0 Å². The number of nitrogens with zero attached hydrogens (tertiary/aromatic N) is 1. The van der Waals surface area contributed by atoms with Crippen molar-refractivity contribution in [3.05, 3.63) is 35.9 Å². The van der Waals surface area contributed by atoms with Crippen molar-refractivity contribution in [3.63, 3.8) is 0 Å². The van der Waals surface area contributed by atoms with E-state index in [4.69, 9.17) is 4.74 Å². The molecule has 1 aliphatic heterocycles. The highest BCUT2D eigenvalue weighted by Gasteiger charge is 2.42.